The first-order chi connectivity index (χ1) is 17.2. The van der Waals surface area contributed by atoms with Gasteiger partial charge in [-0.05, 0) is 47.0 Å². The maximum atomic E-state index is 13.4. The number of benzene rings is 3. The Morgan fingerprint density at radius 1 is 1.14 bits per heavy atom. The fraction of sp³-hybridized carbons (Fsp3) is 0.240. The average Bonchev–Trinajstić information content (AvgIpc) is 3.17. The zero-order chi connectivity index (χ0) is 25.4. The van der Waals surface area contributed by atoms with E-state index in [1.54, 1.807) is 48.1 Å². The smallest absolute Gasteiger partial charge is 0.304 e. The van der Waals surface area contributed by atoms with Crippen molar-refractivity contribution in [3.8, 4) is 5.75 Å². The van der Waals surface area contributed by atoms with Crippen LogP contribution in [0.25, 0.3) is 11.0 Å². The lowest BCUT2D eigenvalue weighted by molar-refractivity contribution is -0.137. The number of sulfonamides is 1. The highest BCUT2D eigenvalue weighted by atomic mass is 35.5. The van der Waals surface area contributed by atoms with Gasteiger partial charge in [0.25, 0.3) is 0 Å². The van der Waals surface area contributed by atoms with Gasteiger partial charge in [0.1, 0.15) is 22.8 Å². The molecule has 3 aromatic carbocycles. The number of nitrogens with zero attached hydrogens (tertiary/aromatic N) is 4. The van der Waals surface area contributed by atoms with Crippen LogP contribution in [0, 0.1) is 0 Å². The van der Waals surface area contributed by atoms with E-state index < -0.39 is 21.9 Å². The number of carbonyl (C=O) groups is 1. The van der Waals surface area contributed by atoms with Gasteiger partial charge in [0.05, 0.1) is 11.9 Å². The molecule has 186 valence electrons. The minimum atomic E-state index is -3.82. The quantitative estimate of drug-likeness (QED) is 0.406. The molecular formula is C25H23ClN4O5S. The summed E-state index contributed by atoms with van der Waals surface area (Å²) in [6.45, 7) is 0.377. The molecule has 11 heteroatoms. The molecule has 0 radical (unpaired) electrons. The van der Waals surface area contributed by atoms with Crippen molar-refractivity contribution >= 4 is 38.6 Å². The van der Waals surface area contributed by atoms with Gasteiger partial charge in [0.2, 0.25) is 10.0 Å². The summed E-state index contributed by atoms with van der Waals surface area (Å²) in [6, 6.07) is 17.3. The van der Waals surface area contributed by atoms with E-state index in [9.17, 15) is 18.3 Å². The van der Waals surface area contributed by atoms with Crippen LogP contribution >= 0.6 is 11.6 Å². The van der Waals surface area contributed by atoms with Crippen LogP contribution in [0.15, 0.2) is 65.6 Å². The lowest BCUT2D eigenvalue weighted by Gasteiger charge is -2.22. The fourth-order valence-electron chi connectivity index (χ4n) is 4.46. The van der Waals surface area contributed by atoms with E-state index in [1.165, 1.54) is 10.4 Å². The first kappa shape index (κ1) is 24.2. The van der Waals surface area contributed by atoms with E-state index in [1.807, 2.05) is 18.2 Å². The molecule has 0 aliphatic carbocycles. The maximum Gasteiger partial charge on any atom is 0.304 e. The van der Waals surface area contributed by atoms with Crippen LogP contribution in [0.5, 0.6) is 5.75 Å². The maximum absolute atomic E-state index is 13.4. The second kappa shape index (κ2) is 9.53. The molecule has 5 rings (SSSR count). The third-order valence-corrected chi connectivity index (χ3v) is 8.55. The van der Waals surface area contributed by atoms with Crippen molar-refractivity contribution < 1.29 is 23.1 Å². The normalized spacial score (nSPS) is 16.2. The van der Waals surface area contributed by atoms with Gasteiger partial charge < -0.3 is 9.84 Å². The van der Waals surface area contributed by atoms with Crippen LogP contribution in [0.1, 0.15) is 29.0 Å². The van der Waals surface area contributed by atoms with Crippen LogP contribution in [-0.4, -0.2) is 51.9 Å². The van der Waals surface area contributed by atoms with Gasteiger partial charge in [-0.15, -0.1) is 5.10 Å². The summed E-state index contributed by atoms with van der Waals surface area (Å²) < 4.78 is 35.4. The molecule has 0 amide bonds. The number of hydrogen-bond donors (Lipinski definition) is 1. The summed E-state index contributed by atoms with van der Waals surface area (Å²) in [5.41, 5.74) is 3.55. The first-order valence-corrected chi connectivity index (χ1v) is 13.1. The average molecular weight is 527 g/mol. The van der Waals surface area contributed by atoms with Gasteiger partial charge in [-0.2, -0.15) is 4.31 Å². The van der Waals surface area contributed by atoms with Crippen molar-refractivity contribution in [2.24, 2.45) is 7.05 Å². The number of carboxylic acid groups (broad SMARTS) is 1. The Balaban J connectivity index is 1.51. The Hall–Kier alpha value is -3.47. The number of para-hydroxylation sites is 1. The molecule has 0 bridgehead atoms. The number of aromatic nitrogens is 3. The van der Waals surface area contributed by atoms with Crippen molar-refractivity contribution in [2.75, 3.05) is 13.2 Å². The monoisotopic (exact) mass is 526 g/mol. The van der Waals surface area contributed by atoms with Crippen LogP contribution in [0.2, 0.25) is 5.02 Å². The molecule has 2 heterocycles. The highest BCUT2D eigenvalue weighted by Gasteiger charge is 2.31. The summed E-state index contributed by atoms with van der Waals surface area (Å²) in [5.74, 6) is -1.13. The molecular weight excluding hydrogens is 504 g/mol. The van der Waals surface area contributed by atoms with Crippen LogP contribution in [0.4, 0.5) is 0 Å². The lowest BCUT2D eigenvalue weighted by Crippen LogP contribution is -2.32. The molecule has 1 aliphatic heterocycles. The standard InChI is InChI=1S/C25H23ClN4O5S/c1-29-22-9-7-17(13-21(22)27-28-29)19(14-25(31)32)16-6-8-20(26)18(12-16)15-30-10-11-35-23-4-2-3-5-24(23)36(30,33)34/h2-9,12-13,19H,10-11,14-15H2,1H3,(H,31,32). The number of aliphatic carboxylic acids is 1. The summed E-state index contributed by atoms with van der Waals surface area (Å²) in [4.78, 5) is 11.9. The van der Waals surface area contributed by atoms with Crippen molar-refractivity contribution in [3.05, 3.63) is 82.4 Å². The van der Waals surface area contributed by atoms with Gasteiger partial charge in [-0.3, -0.25) is 4.79 Å². The number of halogens is 1. The zero-order valence-corrected chi connectivity index (χ0v) is 20.9. The predicted molar refractivity (Wildman–Crippen MR) is 134 cm³/mol. The molecule has 1 aromatic heterocycles. The summed E-state index contributed by atoms with van der Waals surface area (Å²) in [7, 11) is -2.04. The van der Waals surface area contributed by atoms with Gasteiger partial charge >= 0.3 is 5.97 Å². The van der Waals surface area contributed by atoms with Crippen molar-refractivity contribution in [1.29, 1.82) is 0 Å². The van der Waals surface area contributed by atoms with Crippen molar-refractivity contribution in [3.63, 3.8) is 0 Å². The van der Waals surface area contributed by atoms with E-state index in [0.29, 0.717) is 27.4 Å². The summed E-state index contributed by atoms with van der Waals surface area (Å²) in [6.07, 6.45) is -0.157. The van der Waals surface area contributed by atoms with Crippen LogP contribution in [0.3, 0.4) is 0 Å². The molecule has 36 heavy (non-hydrogen) atoms. The molecule has 0 saturated carbocycles. The van der Waals surface area contributed by atoms with Crippen LogP contribution in [-0.2, 0) is 28.4 Å². The number of hydrogen-bond acceptors (Lipinski definition) is 6. The minimum Gasteiger partial charge on any atom is -0.491 e. The molecule has 0 fully saturated rings. The summed E-state index contributed by atoms with van der Waals surface area (Å²) in [5, 5.41) is 18.2. The van der Waals surface area contributed by atoms with E-state index in [0.717, 1.165) is 11.1 Å². The Bertz CT molecular complexity index is 1570. The topological polar surface area (TPSA) is 115 Å². The Morgan fingerprint density at radius 2 is 1.89 bits per heavy atom. The van der Waals surface area contributed by atoms with Gasteiger partial charge in [-0.1, -0.05) is 47.1 Å². The number of aryl methyl sites for hydroxylation is 1. The molecule has 1 unspecified atom stereocenters. The molecule has 4 aromatic rings. The first-order valence-electron chi connectivity index (χ1n) is 11.3. The van der Waals surface area contributed by atoms with E-state index >= 15 is 0 Å². The molecule has 1 aliphatic rings. The highest BCUT2D eigenvalue weighted by molar-refractivity contribution is 7.89. The fourth-order valence-corrected chi connectivity index (χ4v) is 6.17. The Kier molecular flexibility index (Phi) is 6.42. The van der Waals surface area contributed by atoms with Gasteiger partial charge in [0, 0.05) is 31.1 Å². The largest absolute Gasteiger partial charge is 0.491 e. The number of ether oxygens (including phenoxy) is 1. The van der Waals surface area contributed by atoms with E-state index in [-0.39, 0.29) is 31.0 Å². The molecule has 0 spiro atoms. The van der Waals surface area contributed by atoms with Crippen molar-refractivity contribution in [1.82, 2.24) is 19.3 Å². The van der Waals surface area contributed by atoms with Gasteiger partial charge in [0.15, 0.2) is 0 Å². The minimum absolute atomic E-state index is 0.0235. The number of rotatable bonds is 6. The second-order valence-corrected chi connectivity index (χ2v) is 10.9. The number of fused-ring (bicyclic) bond motifs is 2. The second-order valence-electron chi connectivity index (χ2n) is 8.60. The molecule has 1 N–H and O–H groups in total. The predicted octanol–water partition coefficient (Wildman–Crippen LogP) is 3.81. The van der Waals surface area contributed by atoms with Crippen LogP contribution < -0.4 is 4.74 Å². The van der Waals surface area contributed by atoms with E-state index in [2.05, 4.69) is 10.3 Å². The van der Waals surface area contributed by atoms with Gasteiger partial charge in [-0.25, -0.2) is 13.1 Å². The lowest BCUT2D eigenvalue weighted by atomic mass is 9.87. The molecule has 9 nitrogen and oxygen atoms in total. The molecule has 1 atom stereocenters. The third-order valence-electron chi connectivity index (χ3n) is 6.30. The Labute approximate surface area is 212 Å². The SMILES string of the molecule is Cn1nnc2cc(C(CC(=O)O)c3ccc(Cl)c(CN4CCOc5ccccc5S4(=O)=O)c3)ccc21. The molecule has 0 saturated heterocycles. The highest BCUT2D eigenvalue weighted by Crippen LogP contribution is 2.34. The third kappa shape index (κ3) is 4.55. The van der Waals surface area contributed by atoms with Crippen molar-refractivity contribution in [2.45, 2.75) is 23.8 Å². The zero-order valence-electron chi connectivity index (χ0n) is 19.3. The number of carboxylic acids is 1. The Morgan fingerprint density at radius 3 is 2.69 bits per heavy atom. The summed E-state index contributed by atoms with van der Waals surface area (Å²) >= 11 is 6.50. The van der Waals surface area contributed by atoms with E-state index in [4.69, 9.17) is 16.3 Å².